The lowest BCUT2D eigenvalue weighted by Gasteiger charge is -2.44. The van der Waals surface area contributed by atoms with Crippen LogP contribution in [0.2, 0.25) is 0 Å². The fraction of sp³-hybridized carbons (Fsp3) is 0.280. The van der Waals surface area contributed by atoms with Crippen LogP contribution in [0, 0.1) is 11.3 Å². The normalized spacial score (nSPS) is 18.6. The maximum atomic E-state index is 8.01. The largest absolute Gasteiger partial charge is 0.379 e. The van der Waals surface area contributed by atoms with E-state index in [1.165, 1.54) is 11.8 Å². The van der Waals surface area contributed by atoms with Gasteiger partial charge in [-0.15, -0.1) is 11.5 Å². The summed E-state index contributed by atoms with van der Waals surface area (Å²) in [4.78, 5) is 4.06. The molecule has 2 aromatic rings. The van der Waals surface area contributed by atoms with E-state index in [9.17, 15) is 0 Å². The van der Waals surface area contributed by atoms with E-state index in [1.54, 1.807) is 6.20 Å². The number of hydrogen-bond donors (Lipinski definition) is 4. The summed E-state index contributed by atoms with van der Waals surface area (Å²) in [7, 11) is 0. The van der Waals surface area contributed by atoms with Gasteiger partial charge < -0.3 is 21.4 Å². The molecular formula is C25H29N5. The summed E-state index contributed by atoms with van der Waals surface area (Å²) in [5.74, 6) is -0.0411. The minimum Gasteiger partial charge on any atom is -0.379 e. The molecule has 0 amide bonds. The molecule has 1 aromatic heterocycles. The number of nitrogens with one attached hydrogen (secondary N) is 4. The van der Waals surface area contributed by atoms with Crippen molar-refractivity contribution in [3.05, 3.63) is 90.2 Å². The van der Waals surface area contributed by atoms with Gasteiger partial charge in [-0.2, -0.15) is 0 Å². The second kappa shape index (κ2) is 9.32. The van der Waals surface area contributed by atoms with Crippen molar-refractivity contribution in [2.75, 3.05) is 11.9 Å². The second-order valence-electron chi connectivity index (χ2n) is 7.92. The highest BCUT2D eigenvalue weighted by molar-refractivity contribution is 5.73. The van der Waals surface area contributed by atoms with Crippen molar-refractivity contribution in [1.29, 1.82) is 5.41 Å². The number of nitrogens with zero attached hydrogens (tertiary/aromatic N) is 1. The third kappa shape index (κ3) is 4.55. The third-order valence-corrected chi connectivity index (χ3v) is 5.51. The Bertz CT molecular complexity index is 995. The number of fused-ring (bicyclic) bond motifs is 1. The molecule has 0 unspecified atom stereocenters. The molecule has 3 rings (SSSR count). The minimum atomic E-state index is -0.261. The molecule has 2 heterocycles. The lowest BCUT2D eigenvalue weighted by molar-refractivity contribution is 0.344. The first-order valence-electron chi connectivity index (χ1n) is 10.1. The molecule has 0 aliphatic carbocycles. The van der Waals surface area contributed by atoms with E-state index in [2.05, 4.69) is 77.6 Å². The average Bonchev–Trinajstić information content (AvgIpc) is 2.75. The Morgan fingerprint density at radius 1 is 1.27 bits per heavy atom. The number of pyridine rings is 1. The van der Waals surface area contributed by atoms with E-state index < -0.39 is 0 Å². The summed E-state index contributed by atoms with van der Waals surface area (Å²) < 4.78 is 0. The Balaban J connectivity index is 1.86. The van der Waals surface area contributed by atoms with Crippen molar-refractivity contribution in [1.82, 2.24) is 15.6 Å². The van der Waals surface area contributed by atoms with Gasteiger partial charge in [0.2, 0.25) is 0 Å². The summed E-state index contributed by atoms with van der Waals surface area (Å²) >= 11 is 0. The van der Waals surface area contributed by atoms with Gasteiger partial charge in [0.15, 0.2) is 0 Å². The molecule has 5 nitrogen and oxygen atoms in total. The minimum absolute atomic E-state index is 0.0411. The molecule has 1 aliphatic heterocycles. The molecule has 0 spiro atoms. The Morgan fingerprint density at radius 2 is 2.03 bits per heavy atom. The highest BCUT2D eigenvalue weighted by Gasteiger charge is 2.40. The maximum absolute atomic E-state index is 8.01. The van der Waals surface area contributed by atoms with Crippen molar-refractivity contribution in [3.63, 3.8) is 0 Å². The molecule has 0 bridgehead atoms. The molecule has 0 radical (unpaired) electrons. The maximum Gasteiger partial charge on any atom is 0.0841 e. The van der Waals surface area contributed by atoms with Crippen LogP contribution in [0.1, 0.15) is 36.6 Å². The zero-order valence-electron chi connectivity index (χ0n) is 17.6. The number of rotatable bonds is 8. The van der Waals surface area contributed by atoms with Crippen LogP contribution in [-0.4, -0.2) is 23.3 Å². The van der Waals surface area contributed by atoms with Crippen LogP contribution in [0.5, 0.6) is 0 Å². The molecule has 0 fully saturated rings. The van der Waals surface area contributed by atoms with Gasteiger partial charge in [-0.05, 0) is 55.7 Å². The Labute approximate surface area is 178 Å². The van der Waals surface area contributed by atoms with Crippen molar-refractivity contribution >= 4 is 17.6 Å². The van der Waals surface area contributed by atoms with Crippen molar-refractivity contribution in [2.24, 2.45) is 5.92 Å². The summed E-state index contributed by atoms with van der Waals surface area (Å²) in [5.41, 5.74) is 10.8. The van der Waals surface area contributed by atoms with Gasteiger partial charge in [-0.25, -0.2) is 0 Å². The number of benzene rings is 1. The number of aromatic nitrogens is 1. The Morgan fingerprint density at radius 3 is 2.70 bits per heavy atom. The van der Waals surface area contributed by atoms with Gasteiger partial charge in [0.25, 0.3) is 0 Å². The van der Waals surface area contributed by atoms with Crippen LogP contribution >= 0.6 is 0 Å². The molecule has 2 atom stereocenters. The van der Waals surface area contributed by atoms with Gasteiger partial charge in [0.1, 0.15) is 0 Å². The first-order chi connectivity index (χ1) is 14.5. The highest BCUT2D eigenvalue weighted by Crippen LogP contribution is 2.42. The predicted molar refractivity (Wildman–Crippen MR) is 124 cm³/mol. The molecule has 1 aromatic carbocycles. The molecule has 30 heavy (non-hydrogen) atoms. The standard InChI is InChI=1S/C25H29N5/c1-5-12-29-24-20-16-19(7-8-23(20)30-25(3,4)21(24)17-26)22(6-2)28-15-11-18-9-13-27-14-10-18/h7-10,12-14,16-17,21,24,26,28-30H,1-2,11,15H2,3-4H3/t21-,24+/m0/s1. The van der Waals surface area contributed by atoms with E-state index >= 15 is 0 Å². The van der Waals surface area contributed by atoms with E-state index in [1.807, 2.05) is 24.5 Å². The quantitative estimate of drug-likeness (QED) is 0.391. The topological polar surface area (TPSA) is 72.8 Å². The molecule has 1 aliphatic rings. The van der Waals surface area contributed by atoms with E-state index in [0.29, 0.717) is 0 Å². The second-order valence-corrected chi connectivity index (χ2v) is 7.92. The van der Waals surface area contributed by atoms with E-state index in [0.717, 1.165) is 35.5 Å². The van der Waals surface area contributed by atoms with Crippen LogP contribution < -0.4 is 16.0 Å². The van der Waals surface area contributed by atoms with E-state index in [4.69, 9.17) is 5.41 Å². The Hall–Kier alpha value is -3.52. The van der Waals surface area contributed by atoms with Gasteiger partial charge in [0, 0.05) is 54.1 Å². The van der Waals surface area contributed by atoms with Gasteiger partial charge in [0.05, 0.1) is 11.7 Å². The van der Waals surface area contributed by atoms with Crippen molar-refractivity contribution in [2.45, 2.75) is 31.8 Å². The van der Waals surface area contributed by atoms with Crippen LogP contribution in [0.15, 0.2) is 73.5 Å². The lowest BCUT2D eigenvalue weighted by atomic mass is 9.75. The van der Waals surface area contributed by atoms with Crippen LogP contribution in [0.3, 0.4) is 0 Å². The summed E-state index contributed by atoms with van der Waals surface area (Å²) in [6.07, 6.45) is 7.73. The monoisotopic (exact) mass is 399 g/mol. The fourth-order valence-electron chi connectivity index (χ4n) is 3.92. The van der Waals surface area contributed by atoms with Crippen molar-refractivity contribution in [3.8, 4) is 0 Å². The van der Waals surface area contributed by atoms with Gasteiger partial charge in [-0.3, -0.25) is 4.98 Å². The molecule has 0 saturated carbocycles. The zero-order chi connectivity index (χ0) is 21.6. The van der Waals surface area contributed by atoms with E-state index in [-0.39, 0.29) is 17.5 Å². The zero-order valence-corrected chi connectivity index (χ0v) is 17.6. The predicted octanol–water partition coefficient (Wildman–Crippen LogP) is 4.44. The smallest absolute Gasteiger partial charge is 0.0841 e. The highest BCUT2D eigenvalue weighted by atomic mass is 15.0. The molecule has 4 N–H and O–H groups in total. The van der Waals surface area contributed by atoms with Crippen LogP contribution in [-0.2, 0) is 6.42 Å². The van der Waals surface area contributed by atoms with Crippen molar-refractivity contribution < 1.29 is 0 Å². The number of anilines is 1. The SMILES string of the molecule is C=C=CN[C@@H]1c2cc(C(=C=C)NCCc3ccncc3)ccc2NC(C)(C)[C@H]1C=N. The van der Waals surface area contributed by atoms with Crippen LogP contribution in [0.25, 0.3) is 5.70 Å². The molecule has 0 saturated heterocycles. The first kappa shape index (κ1) is 21.2. The van der Waals surface area contributed by atoms with Gasteiger partial charge >= 0.3 is 0 Å². The summed E-state index contributed by atoms with van der Waals surface area (Å²) in [6.45, 7) is 12.5. The molecular weight excluding hydrogens is 370 g/mol. The number of hydrogen-bond acceptors (Lipinski definition) is 5. The fourth-order valence-corrected chi connectivity index (χ4v) is 3.92. The summed E-state index contributed by atoms with van der Waals surface area (Å²) in [5, 5.41) is 18.4. The average molecular weight is 400 g/mol. The third-order valence-electron chi connectivity index (χ3n) is 5.51. The molecule has 154 valence electrons. The molecule has 5 heteroatoms. The van der Waals surface area contributed by atoms with Gasteiger partial charge in [-0.1, -0.05) is 19.2 Å². The van der Waals surface area contributed by atoms with Crippen LogP contribution in [0.4, 0.5) is 5.69 Å². The Kier molecular flexibility index (Phi) is 6.58. The lowest BCUT2D eigenvalue weighted by Crippen LogP contribution is -2.50. The first-order valence-corrected chi connectivity index (χ1v) is 10.1. The summed E-state index contributed by atoms with van der Waals surface area (Å²) in [6, 6.07) is 10.3.